The summed E-state index contributed by atoms with van der Waals surface area (Å²) in [6.45, 7) is 7.85. The zero-order valence-corrected chi connectivity index (χ0v) is 17.4. The number of fused-ring (bicyclic) bond motifs is 1. The molecule has 0 bridgehead atoms. The number of aromatic amines is 1. The van der Waals surface area contributed by atoms with Crippen LogP contribution in [0.2, 0.25) is 0 Å². The molecule has 154 valence electrons. The summed E-state index contributed by atoms with van der Waals surface area (Å²) < 4.78 is 5.25. The molecule has 3 aromatic rings. The van der Waals surface area contributed by atoms with Crippen LogP contribution in [0.3, 0.4) is 0 Å². The molecule has 0 spiro atoms. The number of allylic oxidation sites excluding steroid dienone is 3. The molecule has 30 heavy (non-hydrogen) atoms. The van der Waals surface area contributed by atoms with Crippen LogP contribution in [0.15, 0.2) is 83.4 Å². The maximum absolute atomic E-state index is 11.0. The average Bonchev–Trinajstić information content (AvgIpc) is 3.14. The lowest BCUT2D eigenvalue weighted by molar-refractivity contribution is -0.138. The second-order valence-electron chi connectivity index (χ2n) is 6.65. The van der Waals surface area contributed by atoms with E-state index < -0.39 is 12.0 Å². The van der Waals surface area contributed by atoms with Gasteiger partial charge in [-0.15, -0.1) is 0 Å². The van der Waals surface area contributed by atoms with Crippen LogP contribution in [0.25, 0.3) is 16.6 Å². The van der Waals surface area contributed by atoms with Crippen molar-refractivity contribution in [2.24, 2.45) is 5.73 Å². The minimum absolute atomic E-state index is 0.189. The zero-order valence-electron chi connectivity index (χ0n) is 16.6. The number of rotatable bonds is 9. The molecular formula is C23H23N3O3S. The minimum Gasteiger partial charge on any atom is -0.497 e. The molecule has 4 N–H and O–H groups in total. The molecule has 0 amide bonds. The third kappa shape index (κ3) is 5.20. The summed E-state index contributed by atoms with van der Waals surface area (Å²) >= 11 is 1.51. The van der Waals surface area contributed by atoms with Gasteiger partial charge in [-0.2, -0.15) is 0 Å². The molecule has 0 saturated heterocycles. The fraction of sp³-hybridized carbons (Fsp3) is 0.130. The van der Waals surface area contributed by atoms with Gasteiger partial charge in [0.1, 0.15) is 11.8 Å². The Hall–Kier alpha value is -3.29. The summed E-state index contributed by atoms with van der Waals surface area (Å²) in [5, 5.41) is 9.78. The SMILES string of the molecule is C=C/C(=C\C(=C)c1cccc(Sc2nc3ccc(OC)cc3[nH]2)c1)CC(N)C(=O)O. The first-order valence-corrected chi connectivity index (χ1v) is 10.0. The molecule has 0 radical (unpaired) electrons. The lowest BCUT2D eigenvalue weighted by Gasteiger charge is -2.09. The number of benzene rings is 2. The second-order valence-corrected chi connectivity index (χ2v) is 7.71. The molecule has 2 aromatic carbocycles. The highest BCUT2D eigenvalue weighted by Crippen LogP contribution is 2.30. The molecule has 3 rings (SSSR count). The van der Waals surface area contributed by atoms with Crippen LogP contribution in [-0.2, 0) is 4.79 Å². The van der Waals surface area contributed by atoms with Crippen LogP contribution < -0.4 is 10.5 Å². The lowest BCUT2D eigenvalue weighted by Crippen LogP contribution is -2.30. The van der Waals surface area contributed by atoms with Gasteiger partial charge in [0.05, 0.1) is 18.1 Å². The van der Waals surface area contributed by atoms with Crippen molar-refractivity contribution < 1.29 is 14.6 Å². The first-order chi connectivity index (χ1) is 14.4. The van der Waals surface area contributed by atoms with E-state index in [2.05, 4.69) is 23.1 Å². The van der Waals surface area contributed by atoms with E-state index in [1.54, 1.807) is 13.2 Å². The molecule has 1 unspecified atom stereocenters. The maximum Gasteiger partial charge on any atom is 0.320 e. The number of aliphatic carboxylic acids is 1. The van der Waals surface area contributed by atoms with Crippen LogP contribution in [-0.4, -0.2) is 34.2 Å². The molecule has 0 aliphatic rings. The van der Waals surface area contributed by atoms with Crippen LogP contribution in [0.5, 0.6) is 5.75 Å². The fourth-order valence-corrected chi connectivity index (χ4v) is 3.72. The quantitative estimate of drug-likeness (QED) is 0.435. The van der Waals surface area contributed by atoms with Crippen LogP contribution in [0.1, 0.15) is 12.0 Å². The second kappa shape index (κ2) is 9.47. The molecule has 0 fully saturated rings. The van der Waals surface area contributed by atoms with Gasteiger partial charge in [0.15, 0.2) is 5.16 Å². The van der Waals surface area contributed by atoms with Gasteiger partial charge in [0, 0.05) is 11.0 Å². The van der Waals surface area contributed by atoms with Gasteiger partial charge in [-0.05, 0) is 47.4 Å². The van der Waals surface area contributed by atoms with Gasteiger partial charge in [-0.3, -0.25) is 4.79 Å². The summed E-state index contributed by atoms with van der Waals surface area (Å²) in [4.78, 5) is 19.9. The highest BCUT2D eigenvalue weighted by Gasteiger charge is 2.13. The number of ether oxygens (including phenoxy) is 1. The molecule has 0 aliphatic carbocycles. The maximum atomic E-state index is 11.0. The van der Waals surface area contributed by atoms with Crippen LogP contribution >= 0.6 is 11.8 Å². The number of nitrogens with zero attached hydrogens (tertiary/aromatic N) is 1. The number of hydrogen-bond donors (Lipinski definition) is 3. The van der Waals surface area contributed by atoms with Gasteiger partial charge in [0.25, 0.3) is 0 Å². The number of nitrogens with two attached hydrogens (primary N) is 1. The Labute approximate surface area is 179 Å². The van der Waals surface area contributed by atoms with Gasteiger partial charge in [0.2, 0.25) is 0 Å². The highest BCUT2D eigenvalue weighted by molar-refractivity contribution is 7.99. The standard InChI is InChI=1S/C23H23N3O3S/c1-4-15(11-19(24)22(27)28)10-14(2)16-6-5-7-18(12-16)30-23-25-20-9-8-17(29-3)13-21(20)26-23/h4-10,12-13,19H,1-2,11,24H2,3H3,(H,25,26)(H,27,28)/b15-10+. The van der Waals surface area contributed by atoms with Crippen molar-refractivity contribution in [2.45, 2.75) is 22.5 Å². The predicted octanol–water partition coefficient (Wildman–Crippen LogP) is 4.65. The number of methoxy groups -OCH3 is 1. The Kier molecular flexibility index (Phi) is 6.76. The Morgan fingerprint density at radius 1 is 1.37 bits per heavy atom. The largest absolute Gasteiger partial charge is 0.497 e. The van der Waals surface area contributed by atoms with E-state index in [0.717, 1.165) is 43.5 Å². The Bertz CT molecular complexity index is 1130. The van der Waals surface area contributed by atoms with E-state index in [-0.39, 0.29) is 6.42 Å². The number of imidazole rings is 1. The number of H-pyrrole nitrogens is 1. The monoisotopic (exact) mass is 421 g/mol. The number of hydrogen-bond acceptors (Lipinski definition) is 5. The highest BCUT2D eigenvalue weighted by atomic mass is 32.2. The van der Waals surface area contributed by atoms with Crippen molar-refractivity contribution in [3.05, 3.63) is 78.9 Å². The molecule has 1 atom stereocenters. The summed E-state index contributed by atoms with van der Waals surface area (Å²) in [7, 11) is 1.63. The van der Waals surface area contributed by atoms with Crippen molar-refractivity contribution >= 4 is 34.3 Å². The van der Waals surface area contributed by atoms with E-state index in [1.807, 2.05) is 48.5 Å². The Morgan fingerprint density at radius 2 is 2.17 bits per heavy atom. The first kappa shape index (κ1) is 21.4. The van der Waals surface area contributed by atoms with Crippen molar-refractivity contribution in [3.8, 4) is 5.75 Å². The number of carboxylic acid groups (broad SMARTS) is 1. The normalized spacial score (nSPS) is 12.5. The van der Waals surface area contributed by atoms with Crippen LogP contribution in [0.4, 0.5) is 0 Å². The molecule has 0 saturated carbocycles. The zero-order chi connectivity index (χ0) is 21.7. The summed E-state index contributed by atoms with van der Waals surface area (Å²) in [6.07, 6.45) is 3.61. The molecule has 1 heterocycles. The molecule has 1 aromatic heterocycles. The summed E-state index contributed by atoms with van der Waals surface area (Å²) in [5.41, 5.74) is 9.79. The van der Waals surface area contributed by atoms with Gasteiger partial charge in [-0.25, -0.2) is 4.98 Å². The molecule has 0 aliphatic heterocycles. The molecule has 7 heteroatoms. The van der Waals surface area contributed by atoms with E-state index in [9.17, 15) is 4.79 Å². The Morgan fingerprint density at radius 3 is 2.87 bits per heavy atom. The van der Waals surface area contributed by atoms with Crippen molar-refractivity contribution in [1.29, 1.82) is 0 Å². The predicted molar refractivity (Wildman–Crippen MR) is 121 cm³/mol. The molecular weight excluding hydrogens is 398 g/mol. The lowest BCUT2D eigenvalue weighted by atomic mass is 10.0. The van der Waals surface area contributed by atoms with E-state index in [4.69, 9.17) is 15.6 Å². The van der Waals surface area contributed by atoms with Gasteiger partial charge < -0.3 is 20.6 Å². The number of carbonyl (C=O) groups is 1. The molecule has 6 nitrogen and oxygen atoms in total. The summed E-state index contributed by atoms with van der Waals surface area (Å²) in [6, 6.07) is 12.6. The van der Waals surface area contributed by atoms with Crippen molar-refractivity contribution in [1.82, 2.24) is 9.97 Å². The van der Waals surface area contributed by atoms with E-state index >= 15 is 0 Å². The summed E-state index contributed by atoms with van der Waals surface area (Å²) in [5.74, 6) is -0.274. The fourth-order valence-electron chi connectivity index (χ4n) is 2.86. The van der Waals surface area contributed by atoms with Crippen molar-refractivity contribution in [2.75, 3.05) is 7.11 Å². The number of aromatic nitrogens is 2. The third-order valence-electron chi connectivity index (χ3n) is 4.48. The van der Waals surface area contributed by atoms with E-state index in [1.165, 1.54) is 11.8 Å². The average molecular weight is 422 g/mol. The Balaban J connectivity index is 1.78. The first-order valence-electron chi connectivity index (χ1n) is 9.22. The topological polar surface area (TPSA) is 101 Å². The minimum atomic E-state index is -1.05. The van der Waals surface area contributed by atoms with Crippen LogP contribution in [0, 0.1) is 0 Å². The van der Waals surface area contributed by atoms with E-state index in [0.29, 0.717) is 0 Å². The van der Waals surface area contributed by atoms with Gasteiger partial charge in [-0.1, -0.05) is 49.2 Å². The van der Waals surface area contributed by atoms with Gasteiger partial charge >= 0.3 is 5.97 Å². The smallest absolute Gasteiger partial charge is 0.320 e. The number of carboxylic acids is 1. The third-order valence-corrected chi connectivity index (χ3v) is 5.36. The number of nitrogens with one attached hydrogen (secondary N) is 1. The van der Waals surface area contributed by atoms with Crippen molar-refractivity contribution in [3.63, 3.8) is 0 Å².